The van der Waals surface area contributed by atoms with Crippen molar-refractivity contribution < 1.29 is 24.5 Å². The van der Waals surface area contributed by atoms with Gasteiger partial charge in [0.2, 0.25) is 0 Å². The van der Waals surface area contributed by atoms with Crippen LogP contribution in [0.3, 0.4) is 0 Å². The summed E-state index contributed by atoms with van der Waals surface area (Å²) < 4.78 is 9.15. The monoisotopic (exact) mass is 192 g/mol. The van der Waals surface area contributed by atoms with Crippen molar-refractivity contribution in [1.29, 1.82) is 0 Å². The summed E-state index contributed by atoms with van der Waals surface area (Å²) in [6.07, 6.45) is 1.54. The highest BCUT2D eigenvalue weighted by molar-refractivity contribution is 5.70. The van der Waals surface area contributed by atoms with Crippen molar-refractivity contribution in [1.82, 2.24) is 0 Å². The van der Waals surface area contributed by atoms with Crippen LogP contribution in [0.5, 0.6) is 0 Å². The van der Waals surface area contributed by atoms with Gasteiger partial charge in [0, 0.05) is 6.42 Å². The number of carbonyl (C=O) groups excluding carboxylic acids is 1. The van der Waals surface area contributed by atoms with Gasteiger partial charge in [0.15, 0.2) is 0 Å². The minimum absolute atomic E-state index is 0.0278. The van der Waals surface area contributed by atoms with Crippen LogP contribution in [0.4, 0.5) is 0 Å². The van der Waals surface area contributed by atoms with E-state index < -0.39 is 0 Å². The molecular weight excluding hydrogens is 176 g/mol. The molecule has 0 unspecified atom stereocenters. The van der Waals surface area contributed by atoms with Gasteiger partial charge >= 0.3 is 5.97 Å². The first-order chi connectivity index (χ1) is 6.31. The molecule has 78 valence electrons. The number of ether oxygens (including phenoxy) is 2. The molecule has 1 rings (SSSR count). The molecule has 5 nitrogen and oxygen atoms in total. The fourth-order valence-electron chi connectivity index (χ4n) is 0.706. The molecule has 1 aliphatic heterocycles. The zero-order valence-corrected chi connectivity index (χ0v) is 7.57. The number of aliphatic hydroxyl groups excluding tert-OH is 2. The molecule has 1 aliphatic rings. The lowest BCUT2D eigenvalue weighted by Crippen LogP contribution is -2.03. The van der Waals surface area contributed by atoms with Crippen molar-refractivity contribution in [3.8, 4) is 0 Å². The Morgan fingerprint density at radius 1 is 1.31 bits per heavy atom. The lowest BCUT2D eigenvalue weighted by molar-refractivity contribution is -0.137. The highest BCUT2D eigenvalue weighted by atomic mass is 16.5. The number of hydrogen-bond acceptors (Lipinski definition) is 5. The molecule has 1 saturated heterocycles. The van der Waals surface area contributed by atoms with E-state index in [-0.39, 0.29) is 19.2 Å². The van der Waals surface area contributed by atoms with E-state index in [9.17, 15) is 4.79 Å². The van der Waals surface area contributed by atoms with Crippen LogP contribution >= 0.6 is 0 Å². The first-order valence-corrected chi connectivity index (χ1v) is 4.26. The Bertz CT molecular complexity index is 114. The smallest absolute Gasteiger partial charge is 0.305 e. The maximum absolute atomic E-state index is 10.0. The third kappa shape index (κ3) is 9.26. The van der Waals surface area contributed by atoms with Gasteiger partial charge in [0.05, 0.1) is 33.0 Å². The highest BCUT2D eigenvalue weighted by Crippen LogP contribution is 2.01. The molecule has 5 heteroatoms. The van der Waals surface area contributed by atoms with Crippen molar-refractivity contribution in [3.05, 3.63) is 0 Å². The van der Waals surface area contributed by atoms with Gasteiger partial charge in [-0.2, -0.15) is 0 Å². The topological polar surface area (TPSA) is 76.0 Å². The Morgan fingerprint density at radius 2 is 1.92 bits per heavy atom. The van der Waals surface area contributed by atoms with E-state index in [2.05, 4.69) is 9.47 Å². The predicted octanol–water partition coefficient (Wildman–Crippen LogP) is -0.689. The average Bonchev–Trinajstić information content (AvgIpc) is 2.58. The van der Waals surface area contributed by atoms with Crippen molar-refractivity contribution in [2.75, 3.05) is 33.0 Å². The molecule has 1 fully saturated rings. The van der Waals surface area contributed by atoms with Crippen LogP contribution in [0.1, 0.15) is 12.8 Å². The summed E-state index contributed by atoms with van der Waals surface area (Å²) in [5.74, 6) is -0.0463. The largest absolute Gasteiger partial charge is 0.466 e. The fourth-order valence-corrected chi connectivity index (χ4v) is 0.706. The van der Waals surface area contributed by atoms with E-state index in [1.807, 2.05) is 0 Å². The normalized spacial score (nSPS) is 14.8. The van der Waals surface area contributed by atoms with Crippen LogP contribution in [0, 0.1) is 0 Å². The van der Waals surface area contributed by atoms with Crippen LogP contribution < -0.4 is 0 Å². The molecule has 0 aliphatic carbocycles. The first-order valence-electron chi connectivity index (χ1n) is 4.26. The molecule has 0 radical (unpaired) electrons. The second kappa shape index (κ2) is 9.44. The summed E-state index contributed by atoms with van der Waals surface area (Å²) in [6.45, 7) is 1.33. The average molecular weight is 192 g/mol. The number of cyclic esters (lactones) is 1. The van der Waals surface area contributed by atoms with E-state index in [4.69, 9.17) is 10.2 Å². The molecule has 0 aromatic carbocycles. The Hall–Kier alpha value is -0.650. The first kappa shape index (κ1) is 12.3. The maximum Gasteiger partial charge on any atom is 0.305 e. The minimum atomic E-state index is -0.0463. The number of esters is 1. The van der Waals surface area contributed by atoms with Gasteiger partial charge < -0.3 is 19.7 Å². The van der Waals surface area contributed by atoms with E-state index in [0.717, 1.165) is 6.42 Å². The maximum atomic E-state index is 10.0. The van der Waals surface area contributed by atoms with E-state index in [0.29, 0.717) is 26.2 Å². The molecule has 13 heavy (non-hydrogen) atoms. The van der Waals surface area contributed by atoms with Gasteiger partial charge in [-0.25, -0.2) is 0 Å². The SMILES string of the molecule is O=C1CCCO1.OCCOCCO. The fraction of sp³-hybridized carbons (Fsp3) is 0.875. The molecule has 0 bridgehead atoms. The predicted molar refractivity (Wildman–Crippen MR) is 45.2 cm³/mol. The van der Waals surface area contributed by atoms with Gasteiger partial charge in [0.1, 0.15) is 0 Å². The van der Waals surface area contributed by atoms with Crippen LogP contribution in [-0.4, -0.2) is 49.2 Å². The summed E-state index contributed by atoms with van der Waals surface area (Å²) in [5, 5.41) is 16.2. The zero-order valence-electron chi connectivity index (χ0n) is 7.57. The number of hydrogen-bond donors (Lipinski definition) is 2. The Balaban J connectivity index is 0.000000223. The van der Waals surface area contributed by atoms with Crippen molar-refractivity contribution in [2.45, 2.75) is 12.8 Å². The molecule has 0 aromatic rings. The van der Waals surface area contributed by atoms with Crippen LogP contribution in [0.25, 0.3) is 0 Å². The molecule has 0 amide bonds. The molecular formula is C8H16O5. The summed E-state index contributed by atoms with van der Waals surface area (Å²) in [7, 11) is 0. The third-order valence-electron chi connectivity index (χ3n) is 1.26. The standard InChI is InChI=1S/C4H10O3.C4H6O2/c5-1-3-7-4-2-6;5-4-2-1-3-6-4/h5-6H,1-4H2;1-3H2. The van der Waals surface area contributed by atoms with Gasteiger partial charge in [-0.3, -0.25) is 4.79 Å². The second-order valence-electron chi connectivity index (χ2n) is 2.38. The number of rotatable bonds is 4. The Labute approximate surface area is 77.3 Å². The summed E-state index contributed by atoms with van der Waals surface area (Å²) >= 11 is 0. The number of aliphatic hydroxyl groups is 2. The van der Waals surface area contributed by atoms with Crippen molar-refractivity contribution in [3.63, 3.8) is 0 Å². The summed E-state index contributed by atoms with van der Waals surface area (Å²) in [4.78, 5) is 10.0. The molecule has 0 atom stereocenters. The van der Waals surface area contributed by atoms with Crippen LogP contribution in [0.15, 0.2) is 0 Å². The zero-order chi connectivity index (χ0) is 9.94. The third-order valence-corrected chi connectivity index (χ3v) is 1.26. The lowest BCUT2D eigenvalue weighted by atomic mass is 10.4. The highest BCUT2D eigenvalue weighted by Gasteiger charge is 2.08. The van der Waals surface area contributed by atoms with E-state index >= 15 is 0 Å². The van der Waals surface area contributed by atoms with Gasteiger partial charge in [-0.1, -0.05) is 0 Å². The molecule has 0 saturated carbocycles. The Morgan fingerprint density at radius 3 is 2.15 bits per heavy atom. The summed E-state index contributed by atoms with van der Waals surface area (Å²) in [5.41, 5.74) is 0. The van der Waals surface area contributed by atoms with Crippen molar-refractivity contribution in [2.24, 2.45) is 0 Å². The Kier molecular flexibility index (Phi) is 8.97. The minimum Gasteiger partial charge on any atom is -0.466 e. The summed E-state index contributed by atoms with van der Waals surface area (Å²) in [6, 6.07) is 0. The number of carbonyl (C=O) groups is 1. The quantitative estimate of drug-likeness (QED) is 0.455. The van der Waals surface area contributed by atoms with Gasteiger partial charge in [-0.05, 0) is 6.42 Å². The van der Waals surface area contributed by atoms with Crippen molar-refractivity contribution >= 4 is 5.97 Å². The molecule has 0 spiro atoms. The molecule has 1 heterocycles. The lowest BCUT2D eigenvalue weighted by Gasteiger charge is -1.94. The van der Waals surface area contributed by atoms with E-state index in [1.165, 1.54) is 0 Å². The van der Waals surface area contributed by atoms with Gasteiger partial charge in [-0.15, -0.1) is 0 Å². The van der Waals surface area contributed by atoms with Crippen LogP contribution in [0.2, 0.25) is 0 Å². The van der Waals surface area contributed by atoms with E-state index in [1.54, 1.807) is 0 Å². The second-order valence-corrected chi connectivity index (χ2v) is 2.38. The van der Waals surface area contributed by atoms with Crippen LogP contribution in [-0.2, 0) is 14.3 Å². The van der Waals surface area contributed by atoms with Gasteiger partial charge in [0.25, 0.3) is 0 Å². The molecule has 0 aromatic heterocycles. The molecule has 2 N–H and O–H groups in total.